The van der Waals surface area contributed by atoms with Gasteiger partial charge in [0.15, 0.2) is 5.71 Å². The number of alkyl halides is 3. The summed E-state index contributed by atoms with van der Waals surface area (Å²) in [7, 11) is 1.64. The fourth-order valence-corrected chi connectivity index (χ4v) is 5.63. The highest BCUT2D eigenvalue weighted by Crippen LogP contribution is 2.34. The number of aliphatic imine (C=N–C) groups is 1. The van der Waals surface area contributed by atoms with E-state index < -0.39 is 23.7 Å². The maximum absolute atomic E-state index is 14.8. The summed E-state index contributed by atoms with van der Waals surface area (Å²) < 4.78 is 65.6. The molecule has 232 valence electrons. The molecule has 0 radical (unpaired) electrons. The van der Waals surface area contributed by atoms with E-state index in [9.17, 15) is 17.6 Å². The predicted molar refractivity (Wildman–Crippen MR) is 159 cm³/mol. The van der Waals surface area contributed by atoms with E-state index in [1.165, 1.54) is 31.2 Å². The van der Waals surface area contributed by atoms with E-state index in [1.807, 2.05) is 18.7 Å². The van der Waals surface area contributed by atoms with Crippen LogP contribution in [0, 0.1) is 5.82 Å². The minimum absolute atomic E-state index is 0.0215. The van der Waals surface area contributed by atoms with E-state index in [1.54, 1.807) is 11.6 Å². The Morgan fingerprint density at radius 3 is 2.51 bits per heavy atom. The van der Waals surface area contributed by atoms with Crippen LogP contribution in [0.4, 0.5) is 29.3 Å². The summed E-state index contributed by atoms with van der Waals surface area (Å²) in [5.41, 5.74) is 5.60. The third-order valence-corrected chi connectivity index (χ3v) is 7.87. The molecule has 10 nitrogen and oxygen atoms in total. The highest BCUT2D eigenvalue weighted by Gasteiger charge is 2.41. The lowest BCUT2D eigenvalue weighted by molar-refractivity contribution is -0.0576. The molecule has 5 rings (SSSR count). The van der Waals surface area contributed by atoms with Crippen molar-refractivity contribution >= 4 is 34.1 Å². The van der Waals surface area contributed by atoms with Crippen LogP contribution in [0.25, 0.3) is 22.6 Å². The summed E-state index contributed by atoms with van der Waals surface area (Å²) in [4.78, 5) is 22.3. The molecular formula is C29H37F4N9O. The molecule has 14 heteroatoms. The van der Waals surface area contributed by atoms with Gasteiger partial charge >= 0.3 is 6.18 Å². The molecule has 43 heavy (non-hydrogen) atoms. The van der Waals surface area contributed by atoms with Gasteiger partial charge in [0.25, 0.3) is 0 Å². The van der Waals surface area contributed by atoms with Crippen molar-refractivity contribution in [2.45, 2.75) is 51.9 Å². The number of hydrogen-bond acceptors (Lipinski definition) is 9. The van der Waals surface area contributed by atoms with Crippen LogP contribution in [0.1, 0.15) is 39.3 Å². The van der Waals surface area contributed by atoms with E-state index in [4.69, 9.17) is 15.5 Å². The van der Waals surface area contributed by atoms with Crippen LogP contribution in [0.3, 0.4) is 0 Å². The van der Waals surface area contributed by atoms with Crippen LogP contribution in [0.15, 0.2) is 35.0 Å². The van der Waals surface area contributed by atoms with Gasteiger partial charge < -0.3 is 25.6 Å². The molecule has 3 N–H and O–H groups in total. The number of allylic oxidation sites excluding steroid dienone is 2. The maximum atomic E-state index is 14.8. The van der Waals surface area contributed by atoms with Crippen molar-refractivity contribution in [3.63, 3.8) is 0 Å². The van der Waals surface area contributed by atoms with Gasteiger partial charge in [-0.25, -0.2) is 18.9 Å². The first kappa shape index (κ1) is 30.7. The SMILES string of the molecule is CCN1CCC(N=C(C(=C(C)N)c2cc(N3CCOCC3C)nc(-n3c(NC)nc4cc(F)ccc43)n2)C(F)(F)F)CC1. The number of nitrogens with one attached hydrogen (secondary N) is 1. The van der Waals surface area contributed by atoms with Crippen molar-refractivity contribution in [2.24, 2.45) is 10.7 Å². The first-order valence-corrected chi connectivity index (χ1v) is 14.4. The molecule has 4 heterocycles. The highest BCUT2D eigenvalue weighted by molar-refractivity contribution is 6.26. The number of hydrogen-bond donors (Lipinski definition) is 2. The molecule has 0 aliphatic carbocycles. The molecule has 3 aromatic rings. The van der Waals surface area contributed by atoms with Crippen LogP contribution in [-0.4, -0.2) is 94.8 Å². The normalized spacial score (nSPS) is 20.0. The van der Waals surface area contributed by atoms with Crippen molar-refractivity contribution in [2.75, 3.05) is 56.7 Å². The molecule has 2 aromatic heterocycles. The second kappa shape index (κ2) is 12.4. The van der Waals surface area contributed by atoms with Crippen molar-refractivity contribution in [3.05, 3.63) is 41.5 Å². The van der Waals surface area contributed by atoms with Crippen molar-refractivity contribution < 1.29 is 22.3 Å². The number of rotatable bonds is 7. The van der Waals surface area contributed by atoms with Crippen LogP contribution >= 0.6 is 0 Å². The van der Waals surface area contributed by atoms with Crippen LogP contribution in [0.5, 0.6) is 0 Å². The highest BCUT2D eigenvalue weighted by atomic mass is 19.4. The Balaban J connectivity index is 1.71. The van der Waals surface area contributed by atoms with Crippen LogP contribution in [-0.2, 0) is 4.74 Å². The number of nitrogens with two attached hydrogens (primary N) is 1. The first-order chi connectivity index (χ1) is 20.5. The van der Waals surface area contributed by atoms with Gasteiger partial charge in [0.1, 0.15) is 11.6 Å². The Hall–Kier alpha value is -3.78. The number of nitrogens with zero attached hydrogens (tertiary/aromatic N) is 7. The maximum Gasteiger partial charge on any atom is 0.433 e. The molecular weight excluding hydrogens is 566 g/mol. The molecule has 2 saturated heterocycles. The number of benzene rings is 1. The predicted octanol–water partition coefficient (Wildman–Crippen LogP) is 4.40. The molecule has 0 bridgehead atoms. The Labute approximate surface area is 247 Å². The number of imidazole rings is 1. The van der Waals surface area contributed by atoms with E-state index in [0.29, 0.717) is 68.5 Å². The average molecular weight is 604 g/mol. The number of fused-ring (bicyclic) bond motifs is 1. The van der Waals surface area contributed by atoms with E-state index in [0.717, 1.165) is 6.54 Å². The summed E-state index contributed by atoms with van der Waals surface area (Å²) in [5, 5.41) is 2.96. The Kier molecular flexibility index (Phi) is 8.88. The van der Waals surface area contributed by atoms with E-state index >= 15 is 0 Å². The number of piperidine rings is 1. The minimum Gasteiger partial charge on any atom is -0.402 e. The Bertz CT molecular complexity index is 1520. The third-order valence-electron chi connectivity index (χ3n) is 7.87. The molecule has 0 saturated carbocycles. The molecule has 1 unspecified atom stereocenters. The zero-order chi connectivity index (χ0) is 30.9. The number of ether oxygens (including phenoxy) is 1. The molecule has 0 spiro atoms. The lowest BCUT2D eigenvalue weighted by Gasteiger charge is -2.34. The summed E-state index contributed by atoms with van der Waals surface area (Å²) in [5.74, 6) is 0.276. The first-order valence-electron chi connectivity index (χ1n) is 14.4. The van der Waals surface area contributed by atoms with Gasteiger partial charge in [0, 0.05) is 50.1 Å². The second-order valence-corrected chi connectivity index (χ2v) is 10.9. The largest absolute Gasteiger partial charge is 0.433 e. The number of halogens is 4. The molecule has 1 atom stereocenters. The average Bonchev–Trinajstić information content (AvgIpc) is 3.34. The second-order valence-electron chi connectivity index (χ2n) is 10.9. The monoisotopic (exact) mass is 603 g/mol. The zero-order valence-electron chi connectivity index (χ0n) is 24.7. The quantitative estimate of drug-likeness (QED) is 0.302. The standard InChI is InChI=1S/C29H37F4N9O/c1-5-40-10-8-20(9-11-40)36-26(29(31,32)33)25(18(3)34)22-15-24(41-12-13-43-16-17(41)2)39-28(38-22)42-23-7-6-19(30)14-21(23)37-27(42)35-4/h6-7,14-15,17,20H,5,8-13,16,34H2,1-4H3,(H,35,37). The minimum atomic E-state index is -4.79. The topological polar surface area (TPSA) is 110 Å². The molecule has 2 aliphatic rings. The fraction of sp³-hybridized carbons (Fsp3) is 0.517. The van der Waals surface area contributed by atoms with E-state index in [2.05, 4.69) is 25.2 Å². The number of aromatic nitrogens is 4. The lowest BCUT2D eigenvalue weighted by atomic mass is 10.0. The van der Waals surface area contributed by atoms with Crippen molar-refractivity contribution in [3.8, 4) is 5.95 Å². The van der Waals surface area contributed by atoms with Gasteiger partial charge in [-0.2, -0.15) is 18.2 Å². The number of anilines is 2. The summed E-state index contributed by atoms with van der Waals surface area (Å²) >= 11 is 0. The summed E-state index contributed by atoms with van der Waals surface area (Å²) in [6.07, 6.45) is -3.76. The smallest absolute Gasteiger partial charge is 0.402 e. The van der Waals surface area contributed by atoms with Gasteiger partial charge in [0.2, 0.25) is 11.9 Å². The van der Waals surface area contributed by atoms with Gasteiger partial charge in [0.05, 0.1) is 42.0 Å². The van der Waals surface area contributed by atoms with Crippen LogP contribution < -0.4 is 16.0 Å². The summed E-state index contributed by atoms with van der Waals surface area (Å²) in [6.45, 7) is 8.92. The third kappa shape index (κ3) is 6.44. The Morgan fingerprint density at radius 2 is 1.88 bits per heavy atom. The van der Waals surface area contributed by atoms with E-state index in [-0.39, 0.29) is 29.0 Å². The van der Waals surface area contributed by atoms with Crippen molar-refractivity contribution in [1.82, 2.24) is 24.4 Å². The molecule has 0 amide bonds. The van der Waals surface area contributed by atoms with Crippen molar-refractivity contribution in [1.29, 1.82) is 0 Å². The van der Waals surface area contributed by atoms with Gasteiger partial charge in [-0.1, -0.05) is 6.92 Å². The number of likely N-dealkylation sites (tertiary alicyclic amines) is 1. The van der Waals surface area contributed by atoms with Crippen LogP contribution in [0.2, 0.25) is 0 Å². The molecule has 2 fully saturated rings. The van der Waals surface area contributed by atoms with Gasteiger partial charge in [-0.05, 0) is 45.4 Å². The Morgan fingerprint density at radius 1 is 1.14 bits per heavy atom. The molecule has 2 aliphatic heterocycles. The summed E-state index contributed by atoms with van der Waals surface area (Å²) in [6, 6.07) is 5.00. The zero-order valence-corrected chi connectivity index (χ0v) is 24.7. The molecule has 1 aromatic carbocycles. The fourth-order valence-electron chi connectivity index (χ4n) is 5.63. The number of morpholine rings is 1. The van der Waals surface area contributed by atoms with Gasteiger partial charge in [-0.15, -0.1) is 0 Å². The lowest BCUT2D eigenvalue weighted by Crippen LogP contribution is -2.44. The van der Waals surface area contributed by atoms with Gasteiger partial charge in [-0.3, -0.25) is 4.99 Å².